The minimum atomic E-state index is 0.207. The molecule has 0 radical (unpaired) electrons. The Morgan fingerprint density at radius 2 is 2.14 bits per heavy atom. The van der Waals surface area contributed by atoms with E-state index in [1.165, 1.54) is 6.33 Å². The van der Waals surface area contributed by atoms with Crippen LogP contribution in [0.1, 0.15) is 24.2 Å². The van der Waals surface area contributed by atoms with Gasteiger partial charge < -0.3 is 4.57 Å². The fourth-order valence-electron chi connectivity index (χ4n) is 1.14. The first-order valence-corrected chi connectivity index (χ1v) is 4.93. The molecule has 0 unspecified atom stereocenters. The number of unbranched alkanes of at least 4 members (excludes halogenated alkanes) is 1. The molecule has 0 amide bonds. The van der Waals surface area contributed by atoms with E-state index < -0.39 is 0 Å². The molecule has 0 aromatic carbocycles. The van der Waals surface area contributed by atoms with Crippen molar-refractivity contribution in [3.63, 3.8) is 0 Å². The van der Waals surface area contributed by atoms with E-state index in [0.29, 0.717) is 5.69 Å². The van der Waals surface area contributed by atoms with Gasteiger partial charge in [0, 0.05) is 6.54 Å². The highest BCUT2D eigenvalue weighted by atomic mass is 32.1. The number of thiol groups is 1. The maximum Gasteiger partial charge on any atom is 0.176 e. The third-order valence-corrected chi connectivity index (χ3v) is 2.17. The Kier molecular flexibility index (Phi) is 4.03. The van der Waals surface area contributed by atoms with Crippen LogP contribution < -0.4 is 0 Å². The van der Waals surface area contributed by atoms with Crippen LogP contribution in [0.3, 0.4) is 0 Å². The Hall–Kier alpha value is -1.46. The summed E-state index contributed by atoms with van der Waals surface area (Å²) in [4.78, 5) is 3.84. The number of hydrogen-bond donors (Lipinski definition) is 1. The topological polar surface area (TPSA) is 65.4 Å². The van der Waals surface area contributed by atoms with Crippen LogP contribution in [0.5, 0.6) is 0 Å². The van der Waals surface area contributed by atoms with Crippen molar-refractivity contribution in [2.45, 2.75) is 19.4 Å². The summed E-state index contributed by atoms with van der Waals surface area (Å²) in [5.74, 6) is 0.835. The molecule has 1 aromatic rings. The summed E-state index contributed by atoms with van der Waals surface area (Å²) in [6.07, 6.45) is 3.48. The zero-order valence-corrected chi connectivity index (χ0v) is 8.54. The van der Waals surface area contributed by atoms with E-state index in [1.54, 1.807) is 4.57 Å². The van der Waals surface area contributed by atoms with Crippen LogP contribution in [-0.4, -0.2) is 15.3 Å². The van der Waals surface area contributed by atoms with Crippen molar-refractivity contribution in [2.75, 3.05) is 5.75 Å². The highest BCUT2D eigenvalue weighted by Gasteiger charge is 2.08. The van der Waals surface area contributed by atoms with Gasteiger partial charge in [0.15, 0.2) is 11.4 Å². The molecule has 4 nitrogen and oxygen atoms in total. The van der Waals surface area contributed by atoms with Crippen molar-refractivity contribution in [2.24, 2.45) is 0 Å². The lowest BCUT2D eigenvalue weighted by Crippen LogP contribution is -2.00. The number of aryl methyl sites for hydroxylation is 1. The zero-order chi connectivity index (χ0) is 10.4. The second-order valence-electron chi connectivity index (χ2n) is 2.79. The second-order valence-corrected chi connectivity index (χ2v) is 3.24. The molecule has 0 spiro atoms. The average Bonchev–Trinajstić information content (AvgIpc) is 2.60. The Morgan fingerprint density at radius 1 is 1.36 bits per heavy atom. The molecule has 1 rings (SSSR count). The van der Waals surface area contributed by atoms with E-state index in [-0.39, 0.29) is 5.69 Å². The van der Waals surface area contributed by atoms with Crippen molar-refractivity contribution in [1.29, 1.82) is 10.5 Å². The highest BCUT2D eigenvalue weighted by molar-refractivity contribution is 7.80. The molecule has 0 aliphatic carbocycles. The van der Waals surface area contributed by atoms with Gasteiger partial charge in [-0.2, -0.15) is 23.2 Å². The maximum absolute atomic E-state index is 8.80. The zero-order valence-electron chi connectivity index (χ0n) is 7.64. The Labute approximate surface area is 88.2 Å². The third-order valence-electron chi connectivity index (χ3n) is 1.86. The standard InChI is InChI=1S/C9H10N4S/c10-5-8-9(6-11)13(7-12-8)3-1-2-4-14/h7,14H,1-4H2. The lowest BCUT2D eigenvalue weighted by Gasteiger charge is -2.01. The summed E-state index contributed by atoms with van der Waals surface area (Å²) >= 11 is 4.10. The third kappa shape index (κ3) is 2.27. The van der Waals surface area contributed by atoms with Gasteiger partial charge in [-0.15, -0.1) is 0 Å². The van der Waals surface area contributed by atoms with Gasteiger partial charge in [0.2, 0.25) is 0 Å². The van der Waals surface area contributed by atoms with Crippen LogP contribution >= 0.6 is 12.6 Å². The Bertz CT molecular complexity index is 382. The predicted octanol–water partition coefficient (Wildman–Crippen LogP) is 1.34. The highest BCUT2D eigenvalue weighted by Crippen LogP contribution is 2.06. The van der Waals surface area contributed by atoms with Crippen molar-refractivity contribution in [3.05, 3.63) is 17.7 Å². The smallest absolute Gasteiger partial charge is 0.176 e. The first-order valence-electron chi connectivity index (χ1n) is 4.29. The van der Waals surface area contributed by atoms with E-state index in [9.17, 15) is 0 Å². The minimum absolute atomic E-state index is 0.207. The van der Waals surface area contributed by atoms with Crippen LogP contribution in [0.4, 0.5) is 0 Å². The number of imidazole rings is 1. The van der Waals surface area contributed by atoms with Crippen molar-refractivity contribution < 1.29 is 0 Å². The van der Waals surface area contributed by atoms with E-state index in [2.05, 4.69) is 17.6 Å². The lowest BCUT2D eigenvalue weighted by molar-refractivity contribution is 0.629. The van der Waals surface area contributed by atoms with Crippen LogP contribution in [0, 0.1) is 22.7 Å². The minimum Gasteiger partial charge on any atom is -0.321 e. The normalized spacial score (nSPS) is 9.36. The molecule has 0 saturated heterocycles. The molecule has 1 aromatic heterocycles. The van der Waals surface area contributed by atoms with Gasteiger partial charge in [0.1, 0.15) is 12.1 Å². The van der Waals surface area contributed by atoms with Gasteiger partial charge in [-0.1, -0.05) is 0 Å². The van der Waals surface area contributed by atoms with Gasteiger partial charge in [-0.05, 0) is 18.6 Å². The van der Waals surface area contributed by atoms with Gasteiger partial charge in [0.25, 0.3) is 0 Å². The van der Waals surface area contributed by atoms with Crippen LogP contribution in [0.25, 0.3) is 0 Å². The molecule has 0 atom stereocenters. The summed E-state index contributed by atoms with van der Waals surface area (Å²) in [5.41, 5.74) is 0.560. The van der Waals surface area contributed by atoms with E-state index in [4.69, 9.17) is 10.5 Å². The van der Waals surface area contributed by atoms with Gasteiger partial charge in [-0.25, -0.2) is 4.98 Å². The average molecular weight is 206 g/mol. The molecule has 72 valence electrons. The SMILES string of the molecule is N#Cc1ncn(CCCCS)c1C#N. The fourth-order valence-corrected chi connectivity index (χ4v) is 1.37. The van der Waals surface area contributed by atoms with Crippen LogP contribution in [0.2, 0.25) is 0 Å². The molecule has 0 N–H and O–H groups in total. The Morgan fingerprint density at radius 3 is 2.71 bits per heavy atom. The van der Waals surface area contributed by atoms with E-state index >= 15 is 0 Å². The quantitative estimate of drug-likeness (QED) is 0.597. The molecule has 0 fully saturated rings. The molecule has 0 bridgehead atoms. The number of hydrogen-bond acceptors (Lipinski definition) is 4. The first-order chi connectivity index (χ1) is 6.83. The summed E-state index contributed by atoms with van der Waals surface area (Å²) in [7, 11) is 0. The number of aromatic nitrogens is 2. The molecular weight excluding hydrogens is 196 g/mol. The number of nitrogens with zero attached hydrogens (tertiary/aromatic N) is 4. The van der Waals surface area contributed by atoms with Gasteiger partial charge >= 0.3 is 0 Å². The molecule has 14 heavy (non-hydrogen) atoms. The molecule has 0 aliphatic heterocycles. The number of nitriles is 2. The predicted molar refractivity (Wildman–Crippen MR) is 54.7 cm³/mol. The van der Waals surface area contributed by atoms with Crippen molar-refractivity contribution in [1.82, 2.24) is 9.55 Å². The monoisotopic (exact) mass is 206 g/mol. The van der Waals surface area contributed by atoms with Crippen LogP contribution in [-0.2, 0) is 6.54 Å². The maximum atomic E-state index is 8.80. The fraction of sp³-hybridized carbons (Fsp3) is 0.444. The second kappa shape index (κ2) is 5.31. The summed E-state index contributed by atoms with van der Waals surface area (Å²) in [6.45, 7) is 0.720. The summed E-state index contributed by atoms with van der Waals surface area (Å²) < 4.78 is 1.71. The molecule has 1 heterocycles. The summed E-state index contributed by atoms with van der Waals surface area (Å²) in [6, 6.07) is 3.87. The Balaban J connectivity index is 2.74. The number of rotatable bonds is 4. The van der Waals surface area contributed by atoms with E-state index in [0.717, 1.165) is 25.1 Å². The van der Waals surface area contributed by atoms with Gasteiger partial charge in [-0.3, -0.25) is 0 Å². The summed E-state index contributed by atoms with van der Waals surface area (Å²) in [5, 5.41) is 17.4. The largest absolute Gasteiger partial charge is 0.321 e. The first kappa shape index (κ1) is 10.6. The van der Waals surface area contributed by atoms with Crippen LogP contribution in [0.15, 0.2) is 6.33 Å². The van der Waals surface area contributed by atoms with Crippen molar-refractivity contribution in [3.8, 4) is 12.1 Å². The van der Waals surface area contributed by atoms with Gasteiger partial charge in [0.05, 0.1) is 6.33 Å². The molecule has 0 aliphatic rings. The molecule has 0 saturated carbocycles. The molecular formula is C9H10N4S. The van der Waals surface area contributed by atoms with E-state index in [1.807, 2.05) is 12.1 Å². The lowest BCUT2D eigenvalue weighted by atomic mass is 10.3. The van der Waals surface area contributed by atoms with Crippen molar-refractivity contribution >= 4 is 12.6 Å². The molecule has 5 heteroatoms.